The summed E-state index contributed by atoms with van der Waals surface area (Å²) in [4.78, 5) is 0. The summed E-state index contributed by atoms with van der Waals surface area (Å²) in [6, 6.07) is 0. The average Bonchev–Trinajstić information content (AvgIpc) is 2.57. The van der Waals surface area contributed by atoms with E-state index in [4.69, 9.17) is 13.3 Å². The van der Waals surface area contributed by atoms with Crippen LogP contribution in [0.15, 0.2) is 20.7 Å². The summed E-state index contributed by atoms with van der Waals surface area (Å²) in [7, 11) is 2.42. The molecule has 7 heteroatoms. The summed E-state index contributed by atoms with van der Waals surface area (Å²) in [5, 5.41) is 1.16. The van der Waals surface area contributed by atoms with Gasteiger partial charge in [0.05, 0.1) is 0 Å². The predicted molar refractivity (Wildman–Crippen MR) is 47.6 cm³/mol. The van der Waals surface area contributed by atoms with E-state index in [-0.39, 0.29) is 24.8 Å². The Morgan fingerprint density at radius 3 is 1.87 bits per heavy atom. The second kappa shape index (κ2) is 8.17. The van der Waals surface area contributed by atoms with Gasteiger partial charge in [-0.15, -0.1) is 0 Å². The van der Waals surface area contributed by atoms with Crippen LogP contribution in [-0.4, -0.2) is 30.1 Å². The molecule has 0 unspecified atom stereocenters. The third kappa shape index (κ3) is 3.76. The molecule has 0 atom stereocenters. The van der Waals surface area contributed by atoms with Gasteiger partial charge < -0.3 is 24.8 Å². The Morgan fingerprint density at radius 2 is 1.60 bits per heavy atom. The predicted octanol–water partition coefficient (Wildman–Crippen LogP) is -4.83. The van der Waals surface area contributed by atoms with E-state index in [1.807, 2.05) is 0 Å². The largest absolute Gasteiger partial charge is 1.00 e. The Balaban J connectivity index is 0. The minimum absolute atomic E-state index is 0. The molecule has 0 aromatic carbocycles. The topological polar surface area (TPSA) is 27.7 Å². The third-order valence-corrected chi connectivity index (χ3v) is 7.41. The van der Waals surface area contributed by atoms with Crippen LogP contribution in [0.4, 0.5) is 0 Å². The van der Waals surface area contributed by atoms with Crippen molar-refractivity contribution in [2.24, 2.45) is 0 Å². The van der Waals surface area contributed by atoms with Gasteiger partial charge in [-0.1, -0.05) is 0 Å². The first-order valence-corrected chi connectivity index (χ1v) is 7.49. The van der Waals surface area contributed by atoms with Gasteiger partial charge in [-0.3, -0.25) is 0 Å². The molecule has 85 valence electrons. The van der Waals surface area contributed by atoms with Crippen molar-refractivity contribution in [3.63, 3.8) is 0 Å². The summed E-state index contributed by atoms with van der Waals surface area (Å²) in [5.74, 6) is 0. The van der Waals surface area contributed by atoms with Crippen molar-refractivity contribution in [1.29, 1.82) is 0 Å². The summed E-state index contributed by atoms with van der Waals surface area (Å²) in [6.07, 6.45) is 5.24. The molecule has 0 radical (unpaired) electrons. The smallest absolute Gasteiger partial charge is 1.00 e. The van der Waals surface area contributed by atoms with Gasteiger partial charge in [0.15, 0.2) is 0 Å². The molecule has 1 rings (SSSR count). The minimum atomic E-state index is -2.52. The van der Waals surface area contributed by atoms with Gasteiger partial charge >= 0.3 is 94.9 Å². The van der Waals surface area contributed by atoms with E-state index in [9.17, 15) is 0 Å². The van der Waals surface area contributed by atoms with Gasteiger partial charge in [0, 0.05) is 0 Å². The molecule has 0 N–H and O–H groups in total. The van der Waals surface area contributed by atoms with Crippen LogP contribution in [0.5, 0.6) is 0 Å². The van der Waals surface area contributed by atoms with Crippen molar-refractivity contribution in [2.75, 3.05) is 21.3 Å². The van der Waals surface area contributed by atoms with Crippen LogP contribution in [0, 0.1) is 0 Å². The molecule has 0 saturated carbocycles. The monoisotopic (exact) mass is 435 g/mol. The maximum atomic E-state index is 5.40. The summed E-state index contributed by atoms with van der Waals surface area (Å²) in [5.41, 5.74) is 0. The zero-order chi connectivity index (χ0) is 9.90. The molecule has 15 heavy (non-hydrogen) atoms. The van der Waals surface area contributed by atoms with E-state index >= 15 is 0 Å². The van der Waals surface area contributed by atoms with Crippen LogP contribution in [0.3, 0.4) is 0 Å². The standard InChI is InChI=1S/C8H13O3Si.2ClH.Hf/c1-9-12(10-2,11-3)8-6-4-5-7-8;;;/h4,6H,5H2,1-3H3;2*1H;/q;;;+2/p-2. The van der Waals surface area contributed by atoms with Crippen LogP contribution < -0.4 is 24.8 Å². The Bertz CT molecular complexity index is 246. The molecule has 1 aliphatic rings. The van der Waals surface area contributed by atoms with Crippen LogP contribution in [0.25, 0.3) is 0 Å². The van der Waals surface area contributed by atoms with Gasteiger partial charge in [0.1, 0.15) is 0 Å². The first kappa shape index (κ1) is 18.4. The maximum absolute atomic E-state index is 5.40. The Labute approximate surface area is 119 Å². The molecule has 0 saturated heterocycles. The van der Waals surface area contributed by atoms with Gasteiger partial charge in [0.2, 0.25) is 0 Å². The summed E-state index contributed by atoms with van der Waals surface area (Å²) >= 11 is 1.04. The third-order valence-electron chi connectivity index (χ3n) is 2.07. The molecule has 1 aliphatic carbocycles. The SMILES string of the molecule is CO[Si](OC)(OC)C1=[C]([Hf+2])CC=C1.[Cl-].[Cl-]. The molecular formula is C8H13Cl2HfO3Si. The molecule has 0 bridgehead atoms. The number of allylic oxidation sites excluding steroid dienone is 4. The van der Waals surface area contributed by atoms with Crippen molar-refractivity contribution in [3.05, 3.63) is 20.7 Å². The van der Waals surface area contributed by atoms with Crippen molar-refractivity contribution >= 4 is 8.80 Å². The Kier molecular flexibility index (Phi) is 10.0. The second-order valence-corrected chi connectivity index (χ2v) is 7.71. The normalized spacial score (nSPS) is 15.0. The van der Waals surface area contributed by atoms with Crippen molar-refractivity contribution < 1.29 is 62.5 Å². The second-order valence-electron chi connectivity index (χ2n) is 2.67. The zero-order valence-electron chi connectivity index (χ0n) is 8.84. The fourth-order valence-corrected chi connectivity index (χ4v) is 5.70. The van der Waals surface area contributed by atoms with E-state index in [0.29, 0.717) is 0 Å². The molecule has 0 heterocycles. The minimum Gasteiger partial charge on any atom is -1.00 e. The first-order valence-electron chi connectivity index (χ1n) is 3.97. The molecule has 0 aliphatic heterocycles. The van der Waals surface area contributed by atoms with E-state index in [1.165, 1.54) is 3.33 Å². The summed E-state index contributed by atoms with van der Waals surface area (Å²) in [6.45, 7) is 0. The molecule has 0 amide bonds. The molecule has 0 aromatic heterocycles. The average molecular weight is 435 g/mol. The number of hydrogen-bond donors (Lipinski definition) is 0. The number of hydrogen-bond acceptors (Lipinski definition) is 3. The Hall–Kier alpha value is 1.03. The van der Waals surface area contributed by atoms with Crippen LogP contribution in [-0.2, 0) is 37.7 Å². The van der Waals surface area contributed by atoms with E-state index in [0.717, 1.165) is 36.0 Å². The van der Waals surface area contributed by atoms with Crippen LogP contribution in [0.2, 0.25) is 0 Å². The van der Waals surface area contributed by atoms with Gasteiger partial charge in [-0.25, -0.2) is 0 Å². The molecule has 0 fully saturated rings. The van der Waals surface area contributed by atoms with Crippen molar-refractivity contribution in [2.45, 2.75) is 6.42 Å². The zero-order valence-corrected chi connectivity index (χ0v) is 14.9. The van der Waals surface area contributed by atoms with Crippen LogP contribution in [0.1, 0.15) is 6.42 Å². The van der Waals surface area contributed by atoms with E-state index in [2.05, 4.69) is 12.2 Å². The fraction of sp³-hybridized carbons (Fsp3) is 0.500. The fourth-order valence-electron chi connectivity index (χ4n) is 1.37. The van der Waals surface area contributed by atoms with Gasteiger partial charge in [-0.2, -0.15) is 0 Å². The van der Waals surface area contributed by atoms with Gasteiger partial charge in [-0.05, 0) is 0 Å². The van der Waals surface area contributed by atoms with E-state index < -0.39 is 8.80 Å². The first-order chi connectivity index (χ1) is 6.20. The van der Waals surface area contributed by atoms with E-state index in [1.54, 1.807) is 21.3 Å². The molecule has 3 nitrogen and oxygen atoms in total. The van der Waals surface area contributed by atoms with Crippen LogP contribution >= 0.6 is 0 Å². The number of rotatable bonds is 4. The van der Waals surface area contributed by atoms with Crippen molar-refractivity contribution in [1.82, 2.24) is 0 Å². The maximum Gasteiger partial charge on any atom is -1.00 e. The molecular weight excluding hydrogens is 422 g/mol. The number of halogens is 2. The quantitative estimate of drug-likeness (QED) is 0.416. The van der Waals surface area contributed by atoms with Gasteiger partial charge in [0.25, 0.3) is 0 Å². The summed E-state index contributed by atoms with van der Waals surface area (Å²) < 4.78 is 17.6. The molecule has 0 spiro atoms. The Morgan fingerprint density at radius 1 is 1.13 bits per heavy atom. The molecule has 0 aromatic rings. The van der Waals surface area contributed by atoms with Crippen molar-refractivity contribution in [3.8, 4) is 0 Å².